The fourth-order valence-electron chi connectivity index (χ4n) is 2.96. The van der Waals surface area contributed by atoms with Crippen molar-refractivity contribution in [3.63, 3.8) is 0 Å². The van der Waals surface area contributed by atoms with Crippen molar-refractivity contribution >= 4 is 35.6 Å². The molecule has 0 aliphatic rings. The fourth-order valence-corrected chi connectivity index (χ4v) is 3.77. The summed E-state index contributed by atoms with van der Waals surface area (Å²) >= 11 is 1.48. The van der Waals surface area contributed by atoms with E-state index in [-0.39, 0.29) is 32.0 Å². The Morgan fingerprint density at radius 3 is 1.63 bits per heavy atom. The van der Waals surface area contributed by atoms with Crippen molar-refractivity contribution in [1.82, 2.24) is 0 Å². The Morgan fingerprint density at radius 2 is 1.17 bits per heavy atom. The molecule has 0 spiro atoms. The molecule has 1 N–H and O–H groups in total. The standard InChI is InChI=1S/C30H30O10S/c1-5-27(31)38-17-21(20(4)30(34)35)16-36-22-8-12-25(13-9-22)41-26-14-10-23(11-15-26)37-18-24(40-29(33)7-3)19-39-28(32)6-2/h5-15,21,24H,1-4,16-19H2,(H,34,35). The highest BCUT2D eigenvalue weighted by Crippen LogP contribution is 2.30. The number of ether oxygens (including phenoxy) is 5. The van der Waals surface area contributed by atoms with Gasteiger partial charge < -0.3 is 28.8 Å². The molecule has 2 rings (SSSR count). The lowest BCUT2D eigenvalue weighted by Gasteiger charge is -2.18. The van der Waals surface area contributed by atoms with Crippen molar-refractivity contribution in [2.24, 2.45) is 5.92 Å². The van der Waals surface area contributed by atoms with Crippen LogP contribution in [0, 0.1) is 5.92 Å². The summed E-state index contributed by atoms with van der Waals surface area (Å²) in [5.41, 5.74) is -0.133. The average Bonchev–Trinajstić information content (AvgIpc) is 2.99. The van der Waals surface area contributed by atoms with Crippen LogP contribution in [0.5, 0.6) is 11.5 Å². The number of carbonyl (C=O) groups excluding carboxylic acids is 3. The monoisotopic (exact) mass is 582 g/mol. The first-order valence-electron chi connectivity index (χ1n) is 12.1. The van der Waals surface area contributed by atoms with Crippen LogP contribution in [0.25, 0.3) is 0 Å². The maximum atomic E-state index is 11.6. The van der Waals surface area contributed by atoms with Gasteiger partial charge in [-0.2, -0.15) is 0 Å². The largest absolute Gasteiger partial charge is 0.493 e. The molecule has 0 aliphatic heterocycles. The van der Waals surface area contributed by atoms with Gasteiger partial charge in [0.15, 0.2) is 6.10 Å². The molecule has 0 aromatic heterocycles. The molecule has 2 atom stereocenters. The van der Waals surface area contributed by atoms with Crippen LogP contribution in [0.1, 0.15) is 0 Å². The molecule has 2 aromatic carbocycles. The van der Waals surface area contributed by atoms with Crippen LogP contribution in [-0.2, 0) is 33.4 Å². The maximum absolute atomic E-state index is 11.6. The molecule has 0 fully saturated rings. The molecule has 0 amide bonds. The van der Waals surface area contributed by atoms with Crippen molar-refractivity contribution in [1.29, 1.82) is 0 Å². The van der Waals surface area contributed by atoms with Gasteiger partial charge in [0, 0.05) is 33.6 Å². The predicted molar refractivity (Wildman–Crippen MR) is 151 cm³/mol. The first-order valence-corrected chi connectivity index (χ1v) is 12.9. The average molecular weight is 583 g/mol. The lowest BCUT2D eigenvalue weighted by molar-refractivity contribution is -0.154. The van der Waals surface area contributed by atoms with E-state index in [1.165, 1.54) is 11.8 Å². The molecular formula is C30H30O10S. The lowest BCUT2D eigenvalue weighted by atomic mass is 10.0. The first-order chi connectivity index (χ1) is 19.6. The summed E-state index contributed by atoms with van der Waals surface area (Å²) in [5.74, 6) is -2.91. The van der Waals surface area contributed by atoms with E-state index in [9.17, 15) is 24.3 Å². The third-order valence-corrected chi connectivity index (χ3v) is 6.17. The summed E-state index contributed by atoms with van der Waals surface area (Å²) in [6, 6.07) is 14.3. The van der Waals surface area contributed by atoms with E-state index in [0.717, 1.165) is 28.0 Å². The summed E-state index contributed by atoms with van der Waals surface area (Å²) in [6.07, 6.45) is 2.17. The van der Waals surface area contributed by atoms with Gasteiger partial charge in [-0.15, -0.1) is 0 Å². The van der Waals surface area contributed by atoms with E-state index in [4.69, 9.17) is 23.7 Å². The molecule has 2 aromatic rings. The van der Waals surface area contributed by atoms with Gasteiger partial charge in [-0.25, -0.2) is 19.2 Å². The van der Waals surface area contributed by atoms with Gasteiger partial charge >= 0.3 is 23.9 Å². The number of benzene rings is 2. The normalized spacial score (nSPS) is 11.6. The van der Waals surface area contributed by atoms with Crippen LogP contribution in [0.4, 0.5) is 0 Å². The number of carboxylic acids is 1. The SMILES string of the molecule is C=CC(=O)OCC(COc1ccc(Sc2ccc(OCC(COC(=O)C=C)C(=C)C(=O)O)cc2)cc1)OC(=O)C=C. The summed E-state index contributed by atoms with van der Waals surface area (Å²) in [4.78, 5) is 47.4. The van der Waals surface area contributed by atoms with Gasteiger partial charge in [0.2, 0.25) is 0 Å². The third kappa shape index (κ3) is 11.9. The molecule has 0 bridgehead atoms. The number of carbonyl (C=O) groups is 4. The van der Waals surface area contributed by atoms with Gasteiger partial charge in [-0.3, -0.25) is 0 Å². The first kappa shape index (κ1) is 32.4. The van der Waals surface area contributed by atoms with Crippen LogP contribution >= 0.6 is 11.8 Å². The molecule has 10 nitrogen and oxygen atoms in total. The topological polar surface area (TPSA) is 135 Å². The van der Waals surface area contributed by atoms with Crippen molar-refractivity contribution in [2.45, 2.75) is 15.9 Å². The fraction of sp³-hybridized carbons (Fsp3) is 0.200. The number of hydrogen-bond acceptors (Lipinski definition) is 10. The second kappa shape index (κ2) is 17.0. The number of hydrogen-bond donors (Lipinski definition) is 1. The molecule has 2 unspecified atom stereocenters. The second-order valence-electron chi connectivity index (χ2n) is 8.13. The van der Waals surface area contributed by atoms with Gasteiger partial charge in [-0.05, 0) is 48.5 Å². The molecule has 0 aliphatic carbocycles. The van der Waals surface area contributed by atoms with E-state index in [0.29, 0.717) is 11.5 Å². The third-order valence-electron chi connectivity index (χ3n) is 5.16. The zero-order valence-corrected chi connectivity index (χ0v) is 23.0. The Bertz CT molecular complexity index is 1250. The van der Waals surface area contributed by atoms with Crippen molar-refractivity contribution in [3.05, 3.63) is 98.6 Å². The number of esters is 3. The lowest BCUT2D eigenvalue weighted by Crippen LogP contribution is -2.30. The van der Waals surface area contributed by atoms with Gasteiger partial charge in [0.25, 0.3) is 0 Å². The van der Waals surface area contributed by atoms with E-state index in [1.807, 2.05) is 24.3 Å². The predicted octanol–water partition coefficient (Wildman–Crippen LogP) is 4.41. The van der Waals surface area contributed by atoms with E-state index in [1.54, 1.807) is 24.3 Å². The molecule has 0 radical (unpaired) electrons. The van der Waals surface area contributed by atoms with E-state index >= 15 is 0 Å². The van der Waals surface area contributed by atoms with Crippen LogP contribution in [-0.4, -0.2) is 61.5 Å². The summed E-state index contributed by atoms with van der Waals surface area (Å²) < 4.78 is 26.4. The highest BCUT2D eigenvalue weighted by molar-refractivity contribution is 7.99. The molecule has 216 valence electrons. The minimum Gasteiger partial charge on any atom is -0.493 e. The Balaban J connectivity index is 1.91. The van der Waals surface area contributed by atoms with Crippen molar-refractivity contribution in [2.75, 3.05) is 26.4 Å². The van der Waals surface area contributed by atoms with Crippen LogP contribution in [0.2, 0.25) is 0 Å². The minimum absolute atomic E-state index is 0.0463. The Hall–Kier alpha value is -4.77. The number of aliphatic carboxylic acids is 1. The molecule has 0 saturated carbocycles. The highest BCUT2D eigenvalue weighted by atomic mass is 32.2. The number of carboxylic acid groups (broad SMARTS) is 1. The van der Waals surface area contributed by atoms with Crippen LogP contribution in [0.15, 0.2) is 108 Å². The number of rotatable bonds is 18. The van der Waals surface area contributed by atoms with Gasteiger partial charge in [0.05, 0.1) is 12.5 Å². The van der Waals surface area contributed by atoms with Crippen molar-refractivity contribution < 1.29 is 48.0 Å². The second-order valence-corrected chi connectivity index (χ2v) is 9.27. The summed E-state index contributed by atoms with van der Waals surface area (Å²) in [5, 5.41) is 9.24. The maximum Gasteiger partial charge on any atom is 0.331 e. The van der Waals surface area contributed by atoms with E-state index in [2.05, 4.69) is 26.3 Å². The molecule has 0 saturated heterocycles. The smallest absolute Gasteiger partial charge is 0.331 e. The summed E-state index contributed by atoms with van der Waals surface area (Å²) in [7, 11) is 0. The molecule has 0 heterocycles. The quantitative estimate of drug-likeness (QED) is 0.152. The minimum atomic E-state index is -1.21. The molecule has 41 heavy (non-hydrogen) atoms. The Labute approximate surface area is 241 Å². The highest BCUT2D eigenvalue weighted by Gasteiger charge is 2.21. The van der Waals surface area contributed by atoms with Crippen LogP contribution < -0.4 is 9.47 Å². The van der Waals surface area contributed by atoms with Crippen molar-refractivity contribution in [3.8, 4) is 11.5 Å². The zero-order chi connectivity index (χ0) is 30.2. The molecule has 11 heteroatoms. The Morgan fingerprint density at radius 1 is 0.707 bits per heavy atom. The van der Waals surface area contributed by atoms with Gasteiger partial charge in [-0.1, -0.05) is 38.1 Å². The van der Waals surface area contributed by atoms with E-state index < -0.39 is 35.9 Å². The van der Waals surface area contributed by atoms with Crippen LogP contribution in [0.3, 0.4) is 0 Å². The summed E-state index contributed by atoms with van der Waals surface area (Å²) in [6.45, 7) is 13.0. The molecular weight excluding hydrogens is 552 g/mol. The Kier molecular flexibility index (Phi) is 13.5. The van der Waals surface area contributed by atoms with Gasteiger partial charge in [0.1, 0.15) is 31.3 Å². The zero-order valence-electron chi connectivity index (χ0n) is 22.2.